The van der Waals surface area contributed by atoms with Crippen LogP contribution in [0.1, 0.15) is 24.8 Å². The molecule has 0 radical (unpaired) electrons. The number of nitrogen functional groups attached to an aromatic ring is 1. The molecule has 202 valence electrons. The van der Waals surface area contributed by atoms with Gasteiger partial charge in [0.25, 0.3) is 0 Å². The second-order valence-corrected chi connectivity index (χ2v) is 9.63. The van der Waals surface area contributed by atoms with E-state index in [1.807, 2.05) is 0 Å². The number of urea groups is 1. The lowest BCUT2D eigenvalue weighted by molar-refractivity contribution is -0.138. The van der Waals surface area contributed by atoms with Crippen LogP contribution in [-0.4, -0.2) is 61.1 Å². The summed E-state index contributed by atoms with van der Waals surface area (Å²) in [7, 11) is 0. The van der Waals surface area contributed by atoms with E-state index in [9.17, 15) is 22.8 Å². The van der Waals surface area contributed by atoms with Crippen LogP contribution in [0.15, 0.2) is 42.5 Å². The molecule has 37 heavy (non-hydrogen) atoms. The van der Waals surface area contributed by atoms with Crippen LogP contribution in [0.5, 0.6) is 0 Å². The number of benzene rings is 2. The molecule has 4 rings (SSSR count). The lowest BCUT2D eigenvalue weighted by atomic mass is 9.98. The van der Waals surface area contributed by atoms with Crippen molar-refractivity contribution in [2.45, 2.75) is 25.4 Å². The van der Waals surface area contributed by atoms with E-state index in [-0.39, 0.29) is 17.9 Å². The molecule has 0 aliphatic carbocycles. The summed E-state index contributed by atoms with van der Waals surface area (Å²) >= 11 is 11.2. The molecule has 0 bridgehead atoms. The number of carbonyl (C=O) groups is 2. The van der Waals surface area contributed by atoms with E-state index < -0.39 is 11.7 Å². The van der Waals surface area contributed by atoms with Crippen LogP contribution in [0.4, 0.5) is 29.3 Å². The molecule has 0 saturated carbocycles. The van der Waals surface area contributed by atoms with Crippen LogP contribution in [-0.2, 0) is 15.7 Å². The molecule has 0 unspecified atom stereocenters. The number of hydrogen-bond donors (Lipinski definition) is 2. The Morgan fingerprint density at radius 3 is 2.05 bits per heavy atom. The number of nitrogens with zero attached hydrogens (tertiary/aromatic N) is 2. The van der Waals surface area contributed by atoms with E-state index in [0.717, 1.165) is 25.0 Å². The predicted molar refractivity (Wildman–Crippen MR) is 138 cm³/mol. The maximum Gasteiger partial charge on any atom is 0.416 e. The first kappa shape index (κ1) is 28.9. The van der Waals surface area contributed by atoms with Crippen LogP contribution in [0.25, 0.3) is 0 Å². The third-order valence-corrected chi connectivity index (χ3v) is 6.45. The smallest absolute Gasteiger partial charge is 0.399 e. The summed E-state index contributed by atoms with van der Waals surface area (Å²) < 4.78 is 43.2. The molecule has 0 atom stereocenters. The van der Waals surface area contributed by atoms with Crippen molar-refractivity contribution in [2.24, 2.45) is 5.92 Å². The first-order valence-electron chi connectivity index (χ1n) is 11.8. The molecule has 3 N–H and O–H groups in total. The maximum atomic E-state index is 12.6. The van der Waals surface area contributed by atoms with Crippen molar-refractivity contribution in [3.8, 4) is 0 Å². The van der Waals surface area contributed by atoms with E-state index in [1.54, 1.807) is 28.0 Å². The van der Waals surface area contributed by atoms with Gasteiger partial charge in [-0.1, -0.05) is 23.2 Å². The molecule has 2 aliphatic rings. The maximum absolute atomic E-state index is 12.6. The van der Waals surface area contributed by atoms with E-state index in [4.69, 9.17) is 33.7 Å². The lowest BCUT2D eigenvalue weighted by Crippen LogP contribution is -2.42. The summed E-state index contributed by atoms with van der Waals surface area (Å²) in [6.45, 7) is 3.14. The minimum atomic E-state index is -4.41. The number of hydrogen-bond acceptors (Lipinski definition) is 4. The van der Waals surface area contributed by atoms with Gasteiger partial charge in [-0.2, -0.15) is 13.2 Å². The topological polar surface area (TPSA) is 87.9 Å². The molecule has 2 heterocycles. The molecule has 3 amide bonds. The van der Waals surface area contributed by atoms with E-state index in [1.165, 1.54) is 12.1 Å². The Balaban J connectivity index is 0.000000356. The van der Waals surface area contributed by atoms with Gasteiger partial charge in [0.2, 0.25) is 5.91 Å². The highest BCUT2D eigenvalue weighted by molar-refractivity contribution is 6.35. The second-order valence-electron chi connectivity index (χ2n) is 8.76. The van der Waals surface area contributed by atoms with Gasteiger partial charge in [0.05, 0.1) is 5.56 Å². The number of carbonyl (C=O) groups excluding carboxylic acids is 2. The second kappa shape index (κ2) is 13.2. The molecule has 2 fully saturated rings. The fourth-order valence-electron chi connectivity index (χ4n) is 4.06. The highest BCUT2D eigenvalue weighted by atomic mass is 35.5. The standard InChI is InChI=1S/C19H24F3N3O3.C6H5Cl2N/c20-19(21,22)15-2-4-16(5-3-15)23-18(27)25-9-1-8-24(10-11-25)17(26)14-6-12-28-13-7-14;7-4-1-5(8)3-6(9)2-4/h2-5,14H,1,6-13H2,(H,23,27);1-3H,9H2. The summed E-state index contributed by atoms with van der Waals surface area (Å²) in [5.41, 5.74) is 5.52. The molecule has 2 aliphatic heterocycles. The van der Waals surface area contributed by atoms with E-state index in [2.05, 4.69) is 5.32 Å². The van der Waals surface area contributed by atoms with Crippen molar-refractivity contribution in [3.63, 3.8) is 0 Å². The van der Waals surface area contributed by atoms with Gasteiger partial charge >= 0.3 is 12.2 Å². The third kappa shape index (κ3) is 8.98. The zero-order valence-electron chi connectivity index (χ0n) is 20.1. The van der Waals surface area contributed by atoms with Crippen LogP contribution in [0, 0.1) is 5.92 Å². The van der Waals surface area contributed by atoms with Crippen molar-refractivity contribution < 1.29 is 27.5 Å². The average molecular weight is 561 g/mol. The van der Waals surface area contributed by atoms with Gasteiger partial charge in [0, 0.05) is 66.7 Å². The largest absolute Gasteiger partial charge is 0.416 e. The van der Waals surface area contributed by atoms with Crippen LogP contribution in [0.3, 0.4) is 0 Å². The van der Waals surface area contributed by atoms with Crippen molar-refractivity contribution >= 4 is 46.5 Å². The number of halogens is 5. The Labute approximate surface area is 223 Å². The van der Waals surface area contributed by atoms with Crippen molar-refractivity contribution in [2.75, 3.05) is 50.4 Å². The Morgan fingerprint density at radius 2 is 1.49 bits per heavy atom. The van der Waals surface area contributed by atoms with E-state index >= 15 is 0 Å². The molecule has 0 aromatic heterocycles. The molecular formula is C25H29Cl2F3N4O3. The quantitative estimate of drug-likeness (QED) is 0.456. The number of alkyl halides is 3. The molecule has 0 spiro atoms. The number of amides is 3. The van der Waals surface area contributed by atoms with Crippen molar-refractivity contribution in [1.82, 2.24) is 9.80 Å². The van der Waals surface area contributed by atoms with Gasteiger partial charge in [0.1, 0.15) is 0 Å². The Kier molecular flexibility index (Phi) is 10.3. The molecule has 2 aromatic rings. The minimum Gasteiger partial charge on any atom is -0.399 e. The van der Waals surface area contributed by atoms with Gasteiger partial charge in [-0.3, -0.25) is 4.79 Å². The zero-order chi connectivity index (χ0) is 27.0. The van der Waals surface area contributed by atoms with Crippen molar-refractivity contribution in [1.29, 1.82) is 0 Å². The molecule has 12 heteroatoms. The summed E-state index contributed by atoms with van der Waals surface area (Å²) in [5, 5.41) is 3.76. The number of rotatable bonds is 2. The SMILES string of the molecule is Nc1cc(Cl)cc(Cl)c1.O=C(Nc1ccc(C(F)(F)F)cc1)N1CCCN(C(=O)C2CCOCC2)CC1. The Hall–Kier alpha value is -2.69. The van der Waals surface area contributed by atoms with Crippen LogP contribution in [0.2, 0.25) is 10.0 Å². The molecule has 2 saturated heterocycles. The third-order valence-electron chi connectivity index (χ3n) is 6.01. The van der Waals surface area contributed by atoms with Crippen LogP contribution < -0.4 is 11.1 Å². The highest BCUT2D eigenvalue weighted by Gasteiger charge is 2.31. The van der Waals surface area contributed by atoms with Gasteiger partial charge in [-0.05, 0) is 61.7 Å². The highest BCUT2D eigenvalue weighted by Crippen LogP contribution is 2.30. The summed E-state index contributed by atoms with van der Waals surface area (Å²) in [5.74, 6) is 0.106. The van der Waals surface area contributed by atoms with Gasteiger partial charge in [0.15, 0.2) is 0 Å². The molecular weight excluding hydrogens is 532 g/mol. The normalized spacial score (nSPS) is 16.9. The van der Waals surface area contributed by atoms with Gasteiger partial charge in [-0.15, -0.1) is 0 Å². The van der Waals surface area contributed by atoms with Crippen LogP contribution >= 0.6 is 23.2 Å². The summed E-state index contributed by atoms with van der Waals surface area (Å²) in [4.78, 5) is 28.5. The van der Waals surface area contributed by atoms with Gasteiger partial charge < -0.3 is 25.6 Å². The lowest BCUT2D eigenvalue weighted by Gasteiger charge is -2.28. The summed E-state index contributed by atoms with van der Waals surface area (Å²) in [6.07, 6.45) is -2.29. The zero-order valence-corrected chi connectivity index (χ0v) is 21.6. The Morgan fingerprint density at radius 1 is 0.919 bits per heavy atom. The minimum absolute atomic E-state index is 0.0127. The number of nitrogens with two attached hydrogens (primary N) is 1. The van der Waals surface area contributed by atoms with Crippen molar-refractivity contribution in [3.05, 3.63) is 58.1 Å². The average Bonchev–Trinajstić information content (AvgIpc) is 3.10. The summed E-state index contributed by atoms with van der Waals surface area (Å²) in [6, 6.07) is 8.90. The van der Waals surface area contributed by atoms with Gasteiger partial charge in [-0.25, -0.2) is 4.79 Å². The van der Waals surface area contributed by atoms with E-state index in [0.29, 0.717) is 67.2 Å². The Bertz CT molecular complexity index is 1010. The fraction of sp³-hybridized carbons (Fsp3) is 0.440. The predicted octanol–water partition coefficient (Wildman–Crippen LogP) is 5.77. The monoisotopic (exact) mass is 560 g/mol. The first-order valence-corrected chi connectivity index (χ1v) is 12.6. The number of anilines is 2. The molecule has 7 nitrogen and oxygen atoms in total. The number of nitrogens with one attached hydrogen (secondary N) is 1. The fourth-order valence-corrected chi connectivity index (χ4v) is 4.61. The number of ether oxygens (including phenoxy) is 1. The first-order chi connectivity index (χ1) is 17.5. The molecule has 2 aromatic carbocycles.